The molecule has 1 aromatic heterocycles. The number of nitrogens with zero attached hydrogens (tertiary/aromatic N) is 1. The number of thiophene rings is 1. The third-order valence-corrected chi connectivity index (χ3v) is 2.91. The predicted molar refractivity (Wildman–Crippen MR) is 49.1 cm³/mol. The molecule has 1 N–H and O–H groups in total. The Kier molecular flexibility index (Phi) is 3.10. The zero-order valence-electron chi connectivity index (χ0n) is 6.49. The molecule has 0 saturated heterocycles. The lowest BCUT2D eigenvalue weighted by molar-refractivity contribution is 0.146. The van der Waals surface area contributed by atoms with Gasteiger partial charge in [-0.1, -0.05) is 11.6 Å². The number of hydrogen-bond donors (Lipinski definition) is 1. The molecule has 12 heavy (non-hydrogen) atoms. The SMILES string of the molecule is CC(C#N)C(O)c1cc(Cl)cs1. The molecule has 2 nitrogen and oxygen atoms in total. The average Bonchev–Trinajstić information content (AvgIpc) is 2.49. The van der Waals surface area contributed by atoms with Crippen LogP contribution in [-0.2, 0) is 0 Å². The zero-order valence-corrected chi connectivity index (χ0v) is 8.06. The van der Waals surface area contributed by atoms with Crippen molar-refractivity contribution in [1.29, 1.82) is 5.26 Å². The van der Waals surface area contributed by atoms with Crippen LogP contribution in [0.15, 0.2) is 11.4 Å². The molecule has 0 fully saturated rings. The molecular weight excluding hydrogens is 194 g/mol. The Morgan fingerprint density at radius 1 is 1.75 bits per heavy atom. The standard InChI is InChI=1S/C8H8ClNOS/c1-5(3-10)8(11)7-2-6(9)4-12-7/h2,4-5,8,11H,1H3. The summed E-state index contributed by atoms with van der Waals surface area (Å²) in [5.74, 6) is -0.389. The van der Waals surface area contributed by atoms with Crippen LogP contribution in [0.1, 0.15) is 17.9 Å². The molecule has 64 valence electrons. The first-order chi connectivity index (χ1) is 5.65. The number of hydrogen-bond acceptors (Lipinski definition) is 3. The Morgan fingerprint density at radius 2 is 2.42 bits per heavy atom. The molecule has 2 unspecified atom stereocenters. The summed E-state index contributed by atoms with van der Waals surface area (Å²) in [5, 5.41) is 20.4. The second-order valence-electron chi connectivity index (χ2n) is 2.53. The fourth-order valence-electron chi connectivity index (χ4n) is 0.800. The lowest BCUT2D eigenvalue weighted by Gasteiger charge is -2.08. The Bertz CT molecular complexity index is 304. The van der Waals surface area contributed by atoms with E-state index in [1.165, 1.54) is 11.3 Å². The topological polar surface area (TPSA) is 44.0 Å². The Hall–Kier alpha value is -0.560. The van der Waals surface area contributed by atoms with E-state index in [4.69, 9.17) is 16.9 Å². The van der Waals surface area contributed by atoms with E-state index in [9.17, 15) is 5.11 Å². The third kappa shape index (κ3) is 1.98. The van der Waals surface area contributed by atoms with Gasteiger partial charge in [-0.15, -0.1) is 11.3 Å². The summed E-state index contributed by atoms with van der Waals surface area (Å²) < 4.78 is 0. The van der Waals surface area contributed by atoms with Crippen molar-refractivity contribution >= 4 is 22.9 Å². The van der Waals surface area contributed by atoms with Crippen molar-refractivity contribution in [3.05, 3.63) is 21.3 Å². The van der Waals surface area contributed by atoms with Gasteiger partial charge in [0.25, 0.3) is 0 Å². The molecule has 0 saturated carbocycles. The summed E-state index contributed by atoms with van der Waals surface area (Å²) in [4.78, 5) is 0.744. The van der Waals surface area contributed by atoms with Gasteiger partial charge in [0.15, 0.2) is 0 Å². The van der Waals surface area contributed by atoms with Gasteiger partial charge in [0.1, 0.15) is 6.10 Å². The van der Waals surface area contributed by atoms with Gasteiger partial charge in [-0.2, -0.15) is 5.26 Å². The minimum absolute atomic E-state index is 0.389. The molecule has 1 heterocycles. The minimum atomic E-state index is -0.715. The van der Waals surface area contributed by atoms with Crippen molar-refractivity contribution in [1.82, 2.24) is 0 Å². The number of rotatable bonds is 2. The second kappa shape index (κ2) is 3.90. The molecule has 0 aliphatic rings. The van der Waals surface area contributed by atoms with E-state index < -0.39 is 6.10 Å². The molecule has 0 aliphatic carbocycles. The van der Waals surface area contributed by atoms with Crippen LogP contribution in [0.3, 0.4) is 0 Å². The molecule has 4 heteroatoms. The molecular formula is C8H8ClNOS. The van der Waals surface area contributed by atoms with Crippen molar-refractivity contribution in [3.63, 3.8) is 0 Å². The van der Waals surface area contributed by atoms with Crippen molar-refractivity contribution in [3.8, 4) is 6.07 Å². The van der Waals surface area contributed by atoms with Crippen molar-refractivity contribution in [2.75, 3.05) is 0 Å². The lowest BCUT2D eigenvalue weighted by Crippen LogP contribution is -2.04. The maximum atomic E-state index is 9.53. The highest BCUT2D eigenvalue weighted by molar-refractivity contribution is 7.10. The van der Waals surface area contributed by atoms with Crippen molar-refractivity contribution in [2.24, 2.45) is 5.92 Å². The van der Waals surface area contributed by atoms with E-state index in [-0.39, 0.29) is 5.92 Å². The van der Waals surface area contributed by atoms with Crippen LogP contribution in [-0.4, -0.2) is 5.11 Å². The molecule has 0 spiro atoms. The summed E-state index contributed by atoms with van der Waals surface area (Å²) in [6, 6.07) is 3.67. The Balaban J connectivity index is 2.79. The normalized spacial score (nSPS) is 15.2. The fourth-order valence-corrected chi connectivity index (χ4v) is 1.97. The van der Waals surface area contributed by atoms with Gasteiger partial charge in [0.2, 0.25) is 0 Å². The van der Waals surface area contributed by atoms with Crippen LogP contribution < -0.4 is 0 Å². The van der Waals surface area contributed by atoms with Crippen LogP contribution in [0, 0.1) is 17.2 Å². The molecule has 0 aliphatic heterocycles. The van der Waals surface area contributed by atoms with E-state index in [0.29, 0.717) is 5.02 Å². The van der Waals surface area contributed by atoms with Gasteiger partial charge in [0.05, 0.1) is 17.0 Å². The van der Waals surface area contributed by atoms with Crippen LogP contribution in [0.25, 0.3) is 0 Å². The van der Waals surface area contributed by atoms with Gasteiger partial charge < -0.3 is 5.11 Å². The summed E-state index contributed by atoms with van der Waals surface area (Å²) in [6.45, 7) is 1.68. The minimum Gasteiger partial charge on any atom is -0.386 e. The highest BCUT2D eigenvalue weighted by Gasteiger charge is 2.17. The fraction of sp³-hybridized carbons (Fsp3) is 0.375. The van der Waals surface area contributed by atoms with Crippen molar-refractivity contribution in [2.45, 2.75) is 13.0 Å². The molecule has 1 rings (SSSR count). The number of halogens is 1. The van der Waals surface area contributed by atoms with Gasteiger partial charge in [0, 0.05) is 10.3 Å². The second-order valence-corrected chi connectivity index (χ2v) is 3.91. The van der Waals surface area contributed by atoms with E-state index in [0.717, 1.165) is 4.88 Å². The molecule has 0 radical (unpaired) electrons. The predicted octanol–water partition coefficient (Wildman–Crippen LogP) is 2.59. The number of aliphatic hydroxyl groups is 1. The molecule has 0 bridgehead atoms. The highest BCUT2D eigenvalue weighted by Crippen LogP contribution is 2.29. The first-order valence-electron chi connectivity index (χ1n) is 3.46. The van der Waals surface area contributed by atoms with E-state index in [1.807, 2.05) is 6.07 Å². The Labute approximate surface area is 80.0 Å². The number of nitriles is 1. The van der Waals surface area contributed by atoms with Crippen molar-refractivity contribution < 1.29 is 5.11 Å². The van der Waals surface area contributed by atoms with Gasteiger partial charge in [-0.3, -0.25) is 0 Å². The third-order valence-electron chi connectivity index (χ3n) is 1.56. The van der Waals surface area contributed by atoms with E-state index >= 15 is 0 Å². The summed E-state index contributed by atoms with van der Waals surface area (Å²) in [5.41, 5.74) is 0. The highest BCUT2D eigenvalue weighted by atomic mass is 35.5. The summed E-state index contributed by atoms with van der Waals surface area (Å²) in [7, 11) is 0. The first-order valence-corrected chi connectivity index (χ1v) is 4.72. The molecule has 0 aromatic carbocycles. The molecule has 0 amide bonds. The smallest absolute Gasteiger partial charge is 0.104 e. The largest absolute Gasteiger partial charge is 0.386 e. The van der Waals surface area contributed by atoms with E-state index in [2.05, 4.69) is 0 Å². The lowest BCUT2D eigenvalue weighted by atomic mass is 10.1. The average molecular weight is 202 g/mol. The quantitative estimate of drug-likeness (QED) is 0.800. The molecule has 1 aromatic rings. The summed E-state index contributed by atoms with van der Waals surface area (Å²) >= 11 is 7.04. The zero-order chi connectivity index (χ0) is 9.14. The first kappa shape index (κ1) is 9.53. The maximum Gasteiger partial charge on any atom is 0.104 e. The van der Waals surface area contributed by atoms with Gasteiger partial charge in [-0.05, 0) is 13.0 Å². The monoisotopic (exact) mass is 201 g/mol. The summed E-state index contributed by atoms with van der Waals surface area (Å²) in [6.07, 6.45) is -0.715. The number of aliphatic hydroxyl groups excluding tert-OH is 1. The van der Waals surface area contributed by atoms with Gasteiger partial charge in [-0.25, -0.2) is 0 Å². The van der Waals surface area contributed by atoms with Crippen LogP contribution in [0.2, 0.25) is 5.02 Å². The van der Waals surface area contributed by atoms with Crippen LogP contribution in [0.4, 0.5) is 0 Å². The van der Waals surface area contributed by atoms with E-state index in [1.54, 1.807) is 18.4 Å². The van der Waals surface area contributed by atoms with Crippen LogP contribution in [0.5, 0.6) is 0 Å². The maximum absolute atomic E-state index is 9.53. The van der Waals surface area contributed by atoms with Gasteiger partial charge >= 0.3 is 0 Å². The molecule has 2 atom stereocenters. The Morgan fingerprint density at radius 3 is 2.83 bits per heavy atom. The van der Waals surface area contributed by atoms with Crippen LogP contribution >= 0.6 is 22.9 Å².